The van der Waals surface area contributed by atoms with Crippen molar-refractivity contribution in [1.29, 1.82) is 0 Å². The van der Waals surface area contributed by atoms with Gasteiger partial charge in [-0.2, -0.15) is 0 Å². The summed E-state index contributed by atoms with van der Waals surface area (Å²) in [5.41, 5.74) is 7.55. The first-order valence-corrected chi connectivity index (χ1v) is 5.66. The maximum atomic E-state index is 5.92. The number of benzene rings is 1. The first kappa shape index (κ1) is 11.9. The molecule has 0 aliphatic rings. The average molecular weight is 249 g/mol. The summed E-state index contributed by atoms with van der Waals surface area (Å²) in [5.74, 6) is 1.23. The number of hydrogen-bond donors (Lipinski definition) is 1. The molecule has 2 rings (SSSR count). The number of pyridine rings is 1. The van der Waals surface area contributed by atoms with Crippen molar-refractivity contribution >= 4 is 11.6 Å². The summed E-state index contributed by atoms with van der Waals surface area (Å²) in [6, 6.07) is 9.18. The van der Waals surface area contributed by atoms with Crippen molar-refractivity contribution in [3.63, 3.8) is 0 Å². The van der Waals surface area contributed by atoms with Crippen LogP contribution in [0.4, 0.5) is 0 Å². The number of hydrogen-bond acceptors (Lipinski definition) is 3. The number of halogens is 1. The summed E-state index contributed by atoms with van der Waals surface area (Å²) in [7, 11) is 0. The van der Waals surface area contributed by atoms with Crippen molar-refractivity contribution in [2.24, 2.45) is 5.73 Å². The van der Waals surface area contributed by atoms with Crippen LogP contribution in [0, 0.1) is 6.92 Å². The third-order valence-electron chi connectivity index (χ3n) is 2.40. The Morgan fingerprint density at radius 3 is 2.88 bits per heavy atom. The molecule has 3 nitrogen and oxygen atoms in total. The van der Waals surface area contributed by atoms with E-state index in [2.05, 4.69) is 4.98 Å². The van der Waals surface area contributed by atoms with Crippen LogP contribution < -0.4 is 10.5 Å². The van der Waals surface area contributed by atoms with Gasteiger partial charge in [-0.3, -0.25) is 0 Å². The Morgan fingerprint density at radius 2 is 2.12 bits per heavy atom. The number of aromatic nitrogens is 1. The summed E-state index contributed by atoms with van der Waals surface area (Å²) in [4.78, 5) is 4.13. The van der Waals surface area contributed by atoms with Crippen LogP contribution >= 0.6 is 11.6 Å². The minimum absolute atomic E-state index is 0.466. The molecule has 4 heteroatoms. The topological polar surface area (TPSA) is 48.1 Å². The molecule has 2 aromatic rings. The number of rotatable bonds is 3. The molecule has 1 heterocycles. The first-order chi connectivity index (χ1) is 8.19. The first-order valence-electron chi connectivity index (χ1n) is 5.28. The lowest BCUT2D eigenvalue weighted by Crippen LogP contribution is -1.97. The van der Waals surface area contributed by atoms with E-state index >= 15 is 0 Å². The monoisotopic (exact) mass is 248 g/mol. The van der Waals surface area contributed by atoms with Crippen molar-refractivity contribution in [1.82, 2.24) is 4.98 Å². The van der Waals surface area contributed by atoms with E-state index in [1.807, 2.05) is 31.2 Å². The van der Waals surface area contributed by atoms with Crippen molar-refractivity contribution < 1.29 is 4.74 Å². The average Bonchev–Trinajstić information content (AvgIpc) is 2.34. The van der Waals surface area contributed by atoms with Gasteiger partial charge in [-0.25, -0.2) is 4.98 Å². The van der Waals surface area contributed by atoms with Crippen LogP contribution in [-0.2, 0) is 6.54 Å². The van der Waals surface area contributed by atoms with E-state index in [0.717, 1.165) is 11.1 Å². The SMILES string of the molecule is Cc1ccc(Cl)cc1Oc1cc(CN)ccn1. The Morgan fingerprint density at radius 1 is 1.29 bits per heavy atom. The van der Waals surface area contributed by atoms with E-state index in [-0.39, 0.29) is 0 Å². The normalized spacial score (nSPS) is 10.3. The Labute approximate surface area is 105 Å². The molecule has 0 amide bonds. The van der Waals surface area contributed by atoms with Crippen LogP contribution in [0.3, 0.4) is 0 Å². The largest absolute Gasteiger partial charge is 0.439 e. The zero-order valence-corrected chi connectivity index (χ0v) is 10.2. The standard InChI is InChI=1S/C13H13ClN2O/c1-9-2-3-11(14)7-12(9)17-13-6-10(8-15)4-5-16-13/h2-7H,8,15H2,1H3. The van der Waals surface area contributed by atoms with Gasteiger partial charge >= 0.3 is 0 Å². The molecule has 0 spiro atoms. The second kappa shape index (κ2) is 5.17. The van der Waals surface area contributed by atoms with Gasteiger partial charge in [0, 0.05) is 23.8 Å². The van der Waals surface area contributed by atoms with Gasteiger partial charge in [0.05, 0.1) is 0 Å². The third-order valence-corrected chi connectivity index (χ3v) is 2.63. The summed E-state index contributed by atoms with van der Waals surface area (Å²) < 4.78 is 5.68. The molecule has 1 aromatic heterocycles. The summed E-state index contributed by atoms with van der Waals surface area (Å²) in [6.45, 7) is 2.42. The van der Waals surface area contributed by atoms with Crippen molar-refractivity contribution in [2.45, 2.75) is 13.5 Å². The fourth-order valence-electron chi connectivity index (χ4n) is 1.43. The molecule has 1 aromatic carbocycles. The number of aryl methyl sites for hydroxylation is 1. The Kier molecular flexibility index (Phi) is 3.61. The second-order valence-corrected chi connectivity index (χ2v) is 4.15. The second-order valence-electron chi connectivity index (χ2n) is 3.72. The fraction of sp³-hybridized carbons (Fsp3) is 0.154. The number of ether oxygens (including phenoxy) is 1. The van der Waals surface area contributed by atoms with Gasteiger partial charge in [-0.15, -0.1) is 0 Å². The van der Waals surface area contributed by atoms with Gasteiger partial charge < -0.3 is 10.5 Å². The van der Waals surface area contributed by atoms with Crippen LogP contribution in [0.1, 0.15) is 11.1 Å². The molecule has 17 heavy (non-hydrogen) atoms. The molecule has 0 atom stereocenters. The molecule has 88 valence electrons. The fourth-order valence-corrected chi connectivity index (χ4v) is 1.59. The molecule has 0 fully saturated rings. The smallest absolute Gasteiger partial charge is 0.219 e. The van der Waals surface area contributed by atoms with Gasteiger partial charge in [0.1, 0.15) is 5.75 Å². The van der Waals surface area contributed by atoms with Gasteiger partial charge in [-0.05, 0) is 36.2 Å². The van der Waals surface area contributed by atoms with Gasteiger partial charge in [0.25, 0.3) is 0 Å². The predicted molar refractivity (Wildman–Crippen MR) is 68.4 cm³/mol. The van der Waals surface area contributed by atoms with Crippen LogP contribution in [0.25, 0.3) is 0 Å². The highest BCUT2D eigenvalue weighted by molar-refractivity contribution is 6.30. The van der Waals surface area contributed by atoms with Crippen LogP contribution in [0.5, 0.6) is 11.6 Å². The quantitative estimate of drug-likeness (QED) is 0.907. The molecular formula is C13H13ClN2O. The van der Waals surface area contributed by atoms with E-state index in [1.165, 1.54) is 0 Å². The minimum Gasteiger partial charge on any atom is -0.439 e. The molecule has 0 saturated carbocycles. The molecule has 0 saturated heterocycles. The van der Waals surface area contributed by atoms with Crippen molar-refractivity contribution in [2.75, 3.05) is 0 Å². The number of nitrogens with two attached hydrogens (primary N) is 1. The van der Waals surface area contributed by atoms with Crippen molar-refractivity contribution in [3.05, 3.63) is 52.7 Å². The Bertz CT molecular complexity index is 529. The van der Waals surface area contributed by atoms with Crippen LogP contribution in [0.2, 0.25) is 5.02 Å². The lowest BCUT2D eigenvalue weighted by molar-refractivity contribution is 0.459. The Balaban J connectivity index is 2.27. The predicted octanol–water partition coefficient (Wildman–Crippen LogP) is 3.29. The van der Waals surface area contributed by atoms with E-state index in [0.29, 0.717) is 23.2 Å². The highest BCUT2D eigenvalue weighted by Crippen LogP contribution is 2.27. The highest BCUT2D eigenvalue weighted by atomic mass is 35.5. The van der Waals surface area contributed by atoms with Crippen LogP contribution in [-0.4, -0.2) is 4.98 Å². The zero-order chi connectivity index (χ0) is 12.3. The lowest BCUT2D eigenvalue weighted by atomic mass is 10.2. The maximum Gasteiger partial charge on any atom is 0.219 e. The molecular weight excluding hydrogens is 236 g/mol. The highest BCUT2D eigenvalue weighted by Gasteiger charge is 2.04. The summed E-state index contributed by atoms with van der Waals surface area (Å²) >= 11 is 5.92. The molecule has 0 radical (unpaired) electrons. The van der Waals surface area contributed by atoms with Crippen molar-refractivity contribution in [3.8, 4) is 11.6 Å². The summed E-state index contributed by atoms with van der Waals surface area (Å²) in [6.07, 6.45) is 1.68. The maximum absolute atomic E-state index is 5.92. The van der Waals surface area contributed by atoms with E-state index in [4.69, 9.17) is 22.1 Å². The van der Waals surface area contributed by atoms with Gasteiger partial charge in [-0.1, -0.05) is 17.7 Å². The van der Waals surface area contributed by atoms with Crippen LogP contribution in [0.15, 0.2) is 36.5 Å². The molecule has 2 N–H and O–H groups in total. The van der Waals surface area contributed by atoms with Gasteiger partial charge in [0.15, 0.2) is 0 Å². The van der Waals surface area contributed by atoms with E-state index in [9.17, 15) is 0 Å². The third kappa shape index (κ3) is 2.96. The molecule has 0 unspecified atom stereocenters. The molecule has 0 aliphatic carbocycles. The molecule has 0 aliphatic heterocycles. The molecule has 0 bridgehead atoms. The van der Waals surface area contributed by atoms with E-state index in [1.54, 1.807) is 12.3 Å². The Hall–Kier alpha value is -1.58. The van der Waals surface area contributed by atoms with Gasteiger partial charge in [0.2, 0.25) is 5.88 Å². The zero-order valence-electron chi connectivity index (χ0n) is 9.48. The number of nitrogens with zero attached hydrogens (tertiary/aromatic N) is 1. The summed E-state index contributed by atoms with van der Waals surface area (Å²) in [5, 5.41) is 0.639. The minimum atomic E-state index is 0.466. The lowest BCUT2D eigenvalue weighted by Gasteiger charge is -2.08. The van der Waals surface area contributed by atoms with E-state index < -0.39 is 0 Å².